The summed E-state index contributed by atoms with van der Waals surface area (Å²) in [5.74, 6) is 0. The van der Waals surface area contributed by atoms with Gasteiger partial charge in [-0.25, -0.2) is 0 Å². The molecule has 0 N–H and O–H groups in total. The van der Waals surface area contributed by atoms with E-state index < -0.39 is 0 Å². The minimum absolute atomic E-state index is 0.0596. The van der Waals surface area contributed by atoms with Crippen LogP contribution in [0.1, 0.15) is 12.5 Å². The average Bonchev–Trinajstić information content (AvgIpc) is 2.97. The molecule has 1 heterocycles. The average molecular weight is 383 g/mol. The standard InChI is InChI=1S/C17H23BrN2O3/c1-15(13-22-14-16-5-3-2-4-6-16)23-10-9-21-8-7-20-12-17(18)11-19-20/h2-6,11-12,15H,7-10,13-14H2,1H3. The highest BCUT2D eigenvalue weighted by Gasteiger charge is 2.03. The zero-order chi connectivity index (χ0) is 16.3. The molecule has 0 spiro atoms. The van der Waals surface area contributed by atoms with E-state index in [-0.39, 0.29) is 6.10 Å². The molecule has 2 aromatic rings. The second-order valence-electron chi connectivity index (χ2n) is 5.22. The van der Waals surface area contributed by atoms with Gasteiger partial charge in [-0.15, -0.1) is 0 Å². The van der Waals surface area contributed by atoms with Crippen LogP contribution in [0.5, 0.6) is 0 Å². The van der Waals surface area contributed by atoms with Crippen molar-refractivity contribution in [2.24, 2.45) is 0 Å². The van der Waals surface area contributed by atoms with Crippen molar-refractivity contribution in [1.29, 1.82) is 0 Å². The molecule has 0 radical (unpaired) electrons. The lowest BCUT2D eigenvalue weighted by Gasteiger charge is -2.13. The maximum Gasteiger partial charge on any atom is 0.0781 e. The second-order valence-corrected chi connectivity index (χ2v) is 6.13. The van der Waals surface area contributed by atoms with Gasteiger partial charge < -0.3 is 14.2 Å². The van der Waals surface area contributed by atoms with Gasteiger partial charge in [0.15, 0.2) is 0 Å². The lowest BCUT2D eigenvalue weighted by atomic mass is 10.2. The Hall–Kier alpha value is -1.21. The van der Waals surface area contributed by atoms with Crippen molar-refractivity contribution in [3.63, 3.8) is 0 Å². The Morgan fingerprint density at radius 2 is 1.96 bits per heavy atom. The van der Waals surface area contributed by atoms with E-state index in [1.807, 2.05) is 36.0 Å². The van der Waals surface area contributed by atoms with E-state index in [9.17, 15) is 0 Å². The van der Waals surface area contributed by atoms with Crippen LogP contribution < -0.4 is 0 Å². The van der Waals surface area contributed by atoms with Gasteiger partial charge in [0.05, 0.1) is 56.4 Å². The number of hydrogen-bond donors (Lipinski definition) is 0. The van der Waals surface area contributed by atoms with E-state index in [1.54, 1.807) is 6.20 Å². The molecule has 0 amide bonds. The molecule has 0 aliphatic rings. The quantitative estimate of drug-likeness (QED) is 0.559. The van der Waals surface area contributed by atoms with E-state index in [1.165, 1.54) is 5.56 Å². The van der Waals surface area contributed by atoms with Gasteiger partial charge in [-0.1, -0.05) is 30.3 Å². The van der Waals surface area contributed by atoms with Crippen LogP contribution in [0, 0.1) is 0 Å². The fraction of sp³-hybridized carbons (Fsp3) is 0.471. The van der Waals surface area contributed by atoms with Crippen LogP contribution in [0.3, 0.4) is 0 Å². The molecule has 6 heteroatoms. The van der Waals surface area contributed by atoms with Crippen molar-refractivity contribution in [2.45, 2.75) is 26.2 Å². The summed E-state index contributed by atoms with van der Waals surface area (Å²) >= 11 is 3.36. The molecule has 1 aromatic heterocycles. The molecular weight excluding hydrogens is 360 g/mol. The molecule has 0 saturated carbocycles. The van der Waals surface area contributed by atoms with Crippen LogP contribution in [-0.2, 0) is 27.4 Å². The molecule has 0 aliphatic heterocycles. The predicted octanol–water partition coefficient (Wildman–Crippen LogP) is 3.28. The largest absolute Gasteiger partial charge is 0.377 e. The Balaban J connectivity index is 1.44. The van der Waals surface area contributed by atoms with Gasteiger partial charge in [0.1, 0.15) is 0 Å². The van der Waals surface area contributed by atoms with E-state index >= 15 is 0 Å². The summed E-state index contributed by atoms with van der Waals surface area (Å²) < 4.78 is 19.6. The number of aromatic nitrogens is 2. The first kappa shape index (κ1) is 18.1. The lowest BCUT2D eigenvalue weighted by molar-refractivity contribution is -0.0342. The summed E-state index contributed by atoms with van der Waals surface area (Å²) in [7, 11) is 0. The molecule has 0 bridgehead atoms. The number of ether oxygens (including phenoxy) is 3. The smallest absolute Gasteiger partial charge is 0.0781 e. The molecule has 126 valence electrons. The maximum absolute atomic E-state index is 5.66. The Labute approximate surface area is 145 Å². The van der Waals surface area contributed by atoms with Crippen molar-refractivity contribution >= 4 is 15.9 Å². The molecule has 1 atom stereocenters. The highest BCUT2D eigenvalue weighted by molar-refractivity contribution is 9.10. The highest BCUT2D eigenvalue weighted by Crippen LogP contribution is 2.05. The number of halogens is 1. The molecule has 23 heavy (non-hydrogen) atoms. The number of benzene rings is 1. The number of nitrogens with zero attached hydrogens (tertiary/aromatic N) is 2. The minimum atomic E-state index is 0.0596. The van der Waals surface area contributed by atoms with E-state index in [4.69, 9.17) is 14.2 Å². The lowest BCUT2D eigenvalue weighted by Crippen LogP contribution is -2.19. The third-order valence-corrected chi connectivity index (χ3v) is 3.57. The molecule has 0 saturated heterocycles. The van der Waals surface area contributed by atoms with Crippen LogP contribution in [-0.4, -0.2) is 42.3 Å². The van der Waals surface area contributed by atoms with E-state index in [2.05, 4.69) is 33.2 Å². The van der Waals surface area contributed by atoms with Gasteiger partial charge in [-0.05, 0) is 28.4 Å². The Morgan fingerprint density at radius 1 is 1.13 bits per heavy atom. The maximum atomic E-state index is 5.66. The molecule has 1 aromatic carbocycles. The summed E-state index contributed by atoms with van der Waals surface area (Å²) in [6.45, 7) is 5.70. The first-order valence-corrected chi connectivity index (χ1v) is 8.52. The van der Waals surface area contributed by atoms with E-state index in [0.29, 0.717) is 33.0 Å². The van der Waals surface area contributed by atoms with Crippen LogP contribution in [0.4, 0.5) is 0 Å². The summed E-state index contributed by atoms with van der Waals surface area (Å²) in [6, 6.07) is 10.1. The third kappa shape index (κ3) is 7.74. The van der Waals surface area contributed by atoms with Crippen LogP contribution in [0.25, 0.3) is 0 Å². The van der Waals surface area contributed by atoms with Gasteiger partial charge in [-0.2, -0.15) is 5.10 Å². The van der Waals surface area contributed by atoms with Crippen molar-refractivity contribution in [3.8, 4) is 0 Å². The Kier molecular flexibility index (Phi) is 8.31. The number of hydrogen-bond acceptors (Lipinski definition) is 4. The van der Waals surface area contributed by atoms with Crippen molar-refractivity contribution < 1.29 is 14.2 Å². The summed E-state index contributed by atoms with van der Waals surface area (Å²) in [5.41, 5.74) is 1.17. The molecule has 0 fully saturated rings. The molecular formula is C17H23BrN2O3. The van der Waals surface area contributed by atoms with Crippen molar-refractivity contribution in [2.75, 3.05) is 26.4 Å². The first-order chi connectivity index (χ1) is 11.2. The minimum Gasteiger partial charge on any atom is -0.377 e. The first-order valence-electron chi connectivity index (χ1n) is 7.73. The van der Waals surface area contributed by atoms with E-state index in [0.717, 1.165) is 11.0 Å². The highest BCUT2D eigenvalue weighted by atomic mass is 79.9. The SMILES string of the molecule is CC(COCc1ccccc1)OCCOCCn1cc(Br)cn1. The summed E-state index contributed by atoms with van der Waals surface area (Å²) in [6.07, 6.45) is 3.75. The van der Waals surface area contributed by atoms with Crippen LogP contribution in [0.2, 0.25) is 0 Å². The van der Waals surface area contributed by atoms with Crippen LogP contribution in [0.15, 0.2) is 47.2 Å². The Morgan fingerprint density at radius 3 is 2.70 bits per heavy atom. The van der Waals surface area contributed by atoms with Gasteiger partial charge in [0.2, 0.25) is 0 Å². The molecule has 2 rings (SSSR count). The molecule has 5 nitrogen and oxygen atoms in total. The Bertz CT molecular complexity index is 548. The zero-order valence-corrected chi connectivity index (χ0v) is 14.9. The third-order valence-electron chi connectivity index (χ3n) is 3.16. The van der Waals surface area contributed by atoms with Gasteiger partial charge in [-0.3, -0.25) is 4.68 Å². The predicted molar refractivity (Wildman–Crippen MR) is 92.3 cm³/mol. The fourth-order valence-electron chi connectivity index (χ4n) is 1.99. The zero-order valence-electron chi connectivity index (χ0n) is 13.4. The molecule has 1 unspecified atom stereocenters. The number of rotatable bonds is 11. The van der Waals surface area contributed by atoms with Gasteiger partial charge >= 0.3 is 0 Å². The van der Waals surface area contributed by atoms with Crippen molar-refractivity contribution in [3.05, 3.63) is 52.8 Å². The topological polar surface area (TPSA) is 45.5 Å². The molecule has 0 aliphatic carbocycles. The van der Waals surface area contributed by atoms with Crippen molar-refractivity contribution in [1.82, 2.24) is 9.78 Å². The van der Waals surface area contributed by atoms with Crippen LogP contribution >= 0.6 is 15.9 Å². The second kappa shape index (κ2) is 10.5. The van der Waals surface area contributed by atoms with Gasteiger partial charge in [0, 0.05) is 6.20 Å². The monoisotopic (exact) mass is 382 g/mol. The normalized spacial score (nSPS) is 12.4. The fourth-order valence-corrected chi connectivity index (χ4v) is 2.32. The summed E-state index contributed by atoms with van der Waals surface area (Å²) in [5, 5.41) is 4.16. The summed E-state index contributed by atoms with van der Waals surface area (Å²) in [4.78, 5) is 0. The van der Waals surface area contributed by atoms with Gasteiger partial charge in [0.25, 0.3) is 0 Å².